The number of hydrogen-bond donors (Lipinski definition) is 3. The van der Waals surface area contributed by atoms with Crippen molar-refractivity contribution in [2.24, 2.45) is 17.6 Å². The maximum Gasteiger partial charge on any atom is 0.267 e. The molecule has 17 rings (SSSR count). The van der Waals surface area contributed by atoms with E-state index in [9.17, 15) is 28.4 Å². The van der Waals surface area contributed by atoms with Crippen LogP contribution >= 0.6 is 0 Å². The molecule has 119 heavy (non-hydrogen) atoms. The van der Waals surface area contributed by atoms with Crippen molar-refractivity contribution >= 4 is 29.2 Å². The first kappa shape index (κ1) is 87.7. The minimum absolute atomic E-state index is 0.0437. The number of halogens is 1. The molecule has 0 aliphatic heterocycles. The molecule has 7 aliphatic rings. The summed E-state index contributed by atoms with van der Waals surface area (Å²) in [5, 5.41) is 54.9. The summed E-state index contributed by atoms with van der Waals surface area (Å²) in [7, 11) is 5.34. The Kier molecular flexibility index (Phi) is 30.4. The van der Waals surface area contributed by atoms with E-state index in [2.05, 4.69) is 79.6 Å². The molecule has 5 aromatic heterocycles. The Bertz CT molecular complexity index is 5350. The average Bonchev–Trinajstić information content (AvgIpc) is 1.64. The molecule has 5 aromatic carbocycles. The Morgan fingerprint density at radius 1 is 0.555 bits per heavy atom. The van der Waals surface area contributed by atoms with Gasteiger partial charge in [0, 0.05) is 98.4 Å². The highest BCUT2D eigenvalue weighted by atomic mass is 19.1. The second-order valence-corrected chi connectivity index (χ2v) is 33.0. The third-order valence-electron chi connectivity index (χ3n) is 23.7. The minimum atomic E-state index is -0.512. The maximum absolute atomic E-state index is 13.5. The molecule has 22 nitrogen and oxygen atoms in total. The first-order valence-electron chi connectivity index (χ1n) is 42.2. The Morgan fingerprint density at radius 2 is 1.05 bits per heavy atom. The number of nitrogens with one attached hydrogen (secondary N) is 2. The van der Waals surface area contributed by atoms with Crippen LogP contribution in [0.15, 0.2) is 146 Å². The third kappa shape index (κ3) is 22.0. The summed E-state index contributed by atoms with van der Waals surface area (Å²) in [6.07, 6.45) is 32.7. The van der Waals surface area contributed by atoms with Crippen LogP contribution in [0.1, 0.15) is 304 Å². The van der Waals surface area contributed by atoms with Gasteiger partial charge in [0.05, 0.1) is 105 Å². The second kappa shape index (κ2) is 41.3. The van der Waals surface area contributed by atoms with E-state index in [4.69, 9.17) is 41.6 Å². The van der Waals surface area contributed by atoms with Crippen molar-refractivity contribution in [3.05, 3.63) is 247 Å². The van der Waals surface area contributed by atoms with Crippen LogP contribution in [-0.2, 0) is 48.2 Å². The van der Waals surface area contributed by atoms with E-state index in [1.54, 1.807) is 28.4 Å². The lowest BCUT2D eigenvalue weighted by Gasteiger charge is -2.20. The van der Waals surface area contributed by atoms with Gasteiger partial charge in [0.15, 0.2) is 11.6 Å². The van der Waals surface area contributed by atoms with Crippen LogP contribution in [0.4, 0.5) is 4.39 Å². The zero-order valence-electron chi connectivity index (χ0n) is 70.8. The first-order chi connectivity index (χ1) is 57.4. The zero-order chi connectivity index (χ0) is 85.0. The van der Waals surface area contributed by atoms with Crippen molar-refractivity contribution in [3.8, 4) is 46.7 Å². The van der Waals surface area contributed by atoms with E-state index in [-0.39, 0.29) is 29.7 Å². The predicted octanol–water partition coefficient (Wildman–Crippen LogP) is 18.7. The van der Waals surface area contributed by atoms with Crippen LogP contribution in [0.5, 0.6) is 5.75 Å². The predicted molar refractivity (Wildman–Crippen MR) is 459 cm³/mol. The standard InChI is InChI=1S/C24H25FN4O3.C17H17N3O.2C15H15N3.C10H17NO.C8H12N2.C7H12O/c1-14-4-3-5-18-21(14)28-29(22(18)23(26)30)17-9-6-15(7-10-17)13-27-24(31)19-12-16(25)8-11-20(19)32-2;1-11-4-3-5-15-16(11)19-20(17(15)12(2)21)14-8-6-13(10-18)7-9-14;1-11-3-2-4-13-10-18(17-15(11)13)14-7-5-12(9-16)6-8-14;1-11-3-2-4-13-10-17-18(15(11)13)14-7-5-12(9-16)6-8-14;1-8-5-4-6-9(10(8)12)7-11(2)3;1-6-3-2-4-7-5-9-10-8(6)7;1-6-4-2-3-5-7(6)8/h6-12,14H,3-5,13H2,1-2H3,(H2,26,30)(H,27,31);6-9,11H,3-5H2,1-2H3;2*5-8,10-11H,2-4H2,1H3;7-8H,4-6H2,1-3H3;5-6H,2-4H2,1H3,(H,9,10);6H,2-5H2,1H3/b;;;;9-7+;;. The SMILES string of the molecule is CC(=O)c1c2c(nn1-c1ccc(C#N)cc1)C(C)CCC2.CC1CCC/C(=C\N(C)C)C1=O.CC1CCCCC1=O.CC1CCCc2cn(-c3ccc(C#N)cc3)nc21.CC1CCCc2cn[nH]c21.CC1CCCc2cnn(-c3ccc(C#N)cc3)c21.COc1ccc(F)cc1C(=O)NCc1ccc(-n2nc3c(c2C(N)=O)CCCC3C)cc1. The summed E-state index contributed by atoms with van der Waals surface area (Å²) >= 11 is 0. The molecule has 620 valence electrons. The van der Waals surface area contributed by atoms with Crippen LogP contribution in [0.25, 0.3) is 22.7 Å². The van der Waals surface area contributed by atoms with E-state index in [1.165, 1.54) is 104 Å². The average molecular weight is 1610 g/mol. The van der Waals surface area contributed by atoms with Gasteiger partial charge in [0.1, 0.15) is 28.7 Å². The van der Waals surface area contributed by atoms with Gasteiger partial charge in [-0.3, -0.25) is 29.1 Å². The van der Waals surface area contributed by atoms with Crippen LogP contribution in [0.3, 0.4) is 0 Å². The number of methoxy groups -OCH3 is 1. The number of fused-ring (bicyclic) bond motifs is 5. The molecule has 7 atom stereocenters. The first-order valence-corrected chi connectivity index (χ1v) is 42.2. The van der Waals surface area contributed by atoms with Gasteiger partial charge in [-0.2, -0.15) is 41.3 Å². The van der Waals surface area contributed by atoms with E-state index in [0.29, 0.717) is 75.0 Å². The molecule has 10 aromatic rings. The number of nitriles is 3. The fourth-order valence-corrected chi connectivity index (χ4v) is 17.0. The van der Waals surface area contributed by atoms with Crippen molar-refractivity contribution in [1.82, 2.24) is 59.5 Å². The molecule has 7 unspecified atom stereocenters. The van der Waals surface area contributed by atoms with Gasteiger partial charge in [-0.15, -0.1) is 0 Å². The van der Waals surface area contributed by atoms with Gasteiger partial charge >= 0.3 is 0 Å². The number of amides is 2. The van der Waals surface area contributed by atoms with Crippen molar-refractivity contribution in [3.63, 3.8) is 0 Å². The fourth-order valence-electron chi connectivity index (χ4n) is 17.0. The number of aromatic nitrogens is 10. The normalized spacial score (nSPS) is 19.5. The lowest BCUT2D eigenvalue weighted by Crippen LogP contribution is -2.23. The molecule has 23 heteroatoms. The quantitative estimate of drug-likeness (QED) is 0.0801. The number of aromatic amines is 1. The van der Waals surface area contributed by atoms with Gasteiger partial charge in [0.25, 0.3) is 11.8 Å². The summed E-state index contributed by atoms with van der Waals surface area (Å²) in [5.41, 5.74) is 26.5. The van der Waals surface area contributed by atoms with Crippen LogP contribution in [0, 0.1) is 51.6 Å². The topological polar surface area (TPSA) is 307 Å². The number of Topliss-reactive ketones (excluding diaryl/α,β-unsaturated/α-hetero) is 3. The molecule has 2 saturated carbocycles. The Hall–Kier alpha value is -12.2. The van der Waals surface area contributed by atoms with Gasteiger partial charge in [-0.05, 0) is 266 Å². The van der Waals surface area contributed by atoms with Crippen molar-refractivity contribution in [1.29, 1.82) is 15.8 Å². The van der Waals surface area contributed by atoms with Gasteiger partial charge in [0.2, 0.25) is 0 Å². The molecule has 5 heterocycles. The maximum atomic E-state index is 13.5. The summed E-state index contributed by atoms with van der Waals surface area (Å²) < 4.78 is 26.0. The number of H-pyrrole nitrogens is 1. The number of carbonyl (C=O) groups is 5. The van der Waals surface area contributed by atoms with Crippen molar-refractivity contribution < 1.29 is 33.1 Å². The Morgan fingerprint density at radius 3 is 1.58 bits per heavy atom. The van der Waals surface area contributed by atoms with E-state index in [1.807, 2.05) is 146 Å². The molecule has 2 amide bonds. The highest BCUT2D eigenvalue weighted by Crippen LogP contribution is 2.38. The minimum Gasteiger partial charge on any atom is -0.496 e. The highest BCUT2D eigenvalue weighted by Gasteiger charge is 2.32. The Labute approximate surface area is 699 Å². The van der Waals surface area contributed by atoms with Crippen LogP contribution < -0.4 is 15.8 Å². The number of aryl methyl sites for hydroxylation is 3. The molecule has 2 fully saturated rings. The highest BCUT2D eigenvalue weighted by molar-refractivity contribution is 5.98. The molecule has 0 spiro atoms. The number of rotatable bonds is 11. The fraction of sp³-hybridized carbons (Fsp3) is 0.427. The number of nitrogens with zero attached hydrogens (tertiary/aromatic N) is 13. The summed E-state index contributed by atoms with van der Waals surface area (Å²) in [6.45, 7) is 16.9. The van der Waals surface area contributed by atoms with E-state index in [0.717, 1.165) is 152 Å². The number of ether oxygens (including phenoxy) is 1. The van der Waals surface area contributed by atoms with Gasteiger partial charge in [-0.1, -0.05) is 67.0 Å². The summed E-state index contributed by atoms with van der Waals surface area (Å²) in [4.78, 5) is 61.0. The number of nitrogens with two attached hydrogens (primary N) is 1. The molecule has 7 aliphatic carbocycles. The van der Waals surface area contributed by atoms with Gasteiger partial charge in [-0.25, -0.2) is 23.1 Å². The molecule has 0 saturated heterocycles. The number of hydrogen-bond acceptors (Lipinski definition) is 15. The number of allylic oxidation sites excluding steroid dienone is 1. The molecular weight excluding hydrogens is 1490 g/mol. The second-order valence-electron chi connectivity index (χ2n) is 33.0. The van der Waals surface area contributed by atoms with Crippen LogP contribution in [-0.4, -0.2) is 105 Å². The Balaban J connectivity index is 0.000000142. The molecule has 0 radical (unpaired) electrons. The molecule has 0 bridgehead atoms. The molecule has 4 N–H and O–H groups in total. The number of benzene rings is 5. The smallest absolute Gasteiger partial charge is 0.267 e. The van der Waals surface area contributed by atoms with E-state index >= 15 is 0 Å². The summed E-state index contributed by atoms with van der Waals surface area (Å²) in [6, 6.07) is 39.9. The third-order valence-corrected chi connectivity index (χ3v) is 23.7. The molecular formula is C96H113FN16O6. The van der Waals surface area contributed by atoms with E-state index < -0.39 is 17.6 Å². The van der Waals surface area contributed by atoms with Gasteiger partial charge < -0.3 is 20.7 Å². The monoisotopic (exact) mass is 1600 g/mol. The number of carbonyl (C=O) groups excluding carboxylic acids is 5. The van der Waals surface area contributed by atoms with Crippen molar-refractivity contribution in [2.75, 3.05) is 21.2 Å². The van der Waals surface area contributed by atoms with Crippen molar-refractivity contribution in [2.45, 2.75) is 233 Å². The summed E-state index contributed by atoms with van der Waals surface area (Å²) in [5.74, 6) is 2.83. The number of ketones is 3. The lowest BCUT2D eigenvalue weighted by atomic mass is 9.86. The van der Waals surface area contributed by atoms with Crippen LogP contribution in [0.2, 0.25) is 0 Å². The number of primary amides is 1. The zero-order valence-corrected chi connectivity index (χ0v) is 70.8. The largest absolute Gasteiger partial charge is 0.496 e. The lowest BCUT2D eigenvalue weighted by molar-refractivity contribution is -0.124.